The molecule has 116 valence electrons. The number of amides is 1. The van der Waals surface area contributed by atoms with Crippen LogP contribution in [0.3, 0.4) is 0 Å². The molecule has 6 heteroatoms. The average molecular weight is 340 g/mol. The van der Waals surface area contributed by atoms with Crippen molar-refractivity contribution in [3.8, 4) is 5.75 Å². The predicted octanol–water partition coefficient (Wildman–Crippen LogP) is 3.77. The van der Waals surface area contributed by atoms with Gasteiger partial charge < -0.3 is 10.1 Å². The van der Waals surface area contributed by atoms with E-state index in [1.165, 1.54) is 12.1 Å². The molecule has 0 aliphatic rings. The Kier molecular flexibility index (Phi) is 6.55. The van der Waals surface area contributed by atoms with Crippen molar-refractivity contribution >= 4 is 29.3 Å². The third-order valence-corrected chi connectivity index (χ3v) is 3.97. The lowest BCUT2D eigenvalue weighted by atomic mass is 10.3. The van der Waals surface area contributed by atoms with Crippen molar-refractivity contribution in [2.24, 2.45) is 0 Å². The molecule has 0 spiro atoms. The minimum atomic E-state index is -0.478. The molecule has 1 amide bonds. The average Bonchev–Trinajstić information content (AvgIpc) is 2.52. The Morgan fingerprint density at radius 1 is 1.18 bits per heavy atom. The zero-order valence-corrected chi connectivity index (χ0v) is 13.3. The first kappa shape index (κ1) is 16.6. The lowest BCUT2D eigenvalue weighted by molar-refractivity contribution is -0.123. The van der Waals surface area contributed by atoms with Crippen LogP contribution >= 0.6 is 23.4 Å². The first-order valence-corrected chi connectivity index (χ1v) is 8.04. The molecule has 3 nitrogen and oxygen atoms in total. The molecule has 2 aromatic carbocycles. The standard InChI is InChI=1S/C16H15ClFNO2S/c17-12-5-7-13(8-6-12)22-10-9-19-16(20)11-21-15-4-2-1-3-14(15)18/h1-8H,9-11H2,(H,19,20). The van der Waals surface area contributed by atoms with Crippen LogP contribution in [-0.4, -0.2) is 24.8 Å². The number of hydrogen-bond donors (Lipinski definition) is 1. The van der Waals surface area contributed by atoms with E-state index in [2.05, 4.69) is 5.32 Å². The number of para-hydroxylation sites is 1. The normalized spacial score (nSPS) is 10.3. The molecule has 0 saturated carbocycles. The molecule has 0 atom stereocenters. The first-order valence-electron chi connectivity index (χ1n) is 6.67. The van der Waals surface area contributed by atoms with Crippen LogP contribution in [0.25, 0.3) is 0 Å². The topological polar surface area (TPSA) is 38.3 Å². The van der Waals surface area contributed by atoms with Crippen molar-refractivity contribution < 1.29 is 13.9 Å². The van der Waals surface area contributed by atoms with Crippen LogP contribution in [0.5, 0.6) is 5.75 Å². The fourth-order valence-corrected chi connectivity index (χ4v) is 2.54. The molecule has 0 radical (unpaired) electrons. The van der Waals surface area contributed by atoms with Crippen LogP contribution in [0.2, 0.25) is 5.02 Å². The maximum absolute atomic E-state index is 13.3. The zero-order valence-electron chi connectivity index (χ0n) is 11.7. The van der Waals surface area contributed by atoms with Crippen LogP contribution in [0.15, 0.2) is 53.4 Å². The molecule has 0 aromatic heterocycles. The van der Waals surface area contributed by atoms with Crippen LogP contribution in [-0.2, 0) is 4.79 Å². The van der Waals surface area contributed by atoms with E-state index in [1.807, 2.05) is 24.3 Å². The van der Waals surface area contributed by atoms with Gasteiger partial charge in [-0.3, -0.25) is 4.79 Å². The molecular weight excluding hydrogens is 325 g/mol. The van der Waals surface area contributed by atoms with Crippen molar-refractivity contribution in [1.29, 1.82) is 0 Å². The molecule has 0 fully saturated rings. The lowest BCUT2D eigenvalue weighted by Crippen LogP contribution is -2.30. The van der Waals surface area contributed by atoms with E-state index in [9.17, 15) is 9.18 Å². The SMILES string of the molecule is O=C(COc1ccccc1F)NCCSc1ccc(Cl)cc1. The van der Waals surface area contributed by atoms with Gasteiger partial charge in [0, 0.05) is 22.2 Å². The molecule has 0 aliphatic heterocycles. The van der Waals surface area contributed by atoms with Crippen molar-refractivity contribution in [3.05, 3.63) is 59.4 Å². The molecule has 0 unspecified atom stereocenters. The minimum Gasteiger partial charge on any atom is -0.481 e. The number of rotatable bonds is 7. The van der Waals surface area contributed by atoms with Crippen LogP contribution in [0.4, 0.5) is 4.39 Å². The quantitative estimate of drug-likeness (QED) is 0.616. The maximum Gasteiger partial charge on any atom is 0.257 e. The largest absolute Gasteiger partial charge is 0.481 e. The van der Waals surface area contributed by atoms with Gasteiger partial charge in [0.15, 0.2) is 18.2 Å². The van der Waals surface area contributed by atoms with Crippen LogP contribution in [0, 0.1) is 5.82 Å². The Morgan fingerprint density at radius 3 is 2.64 bits per heavy atom. The van der Waals surface area contributed by atoms with Crippen molar-refractivity contribution in [2.75, 3.05) is 18.9 Å². The number of hydrogen-bond acceptors (Lipinski definition) is 3. The summed E-state index contributed by atoms with van der Waals surface area (Å²) in [5, 5.41) is 3.42. The molecule has 0 saturated heterocycles. The van der Waals surface area contributed by atoms with Crippen molar-refractivity contribution in [1.82, 2.24) is 5.32 Å². The number of carbonyl (C=O) groups is 1. The van der Waals surface area contributed by atoms with Gasteiger partial charge in [0.1, 0.15) is 0 Å². The monoisotopic (exact) mass is 339 g/mol. The van der Waals surface area contributed by atoms with Gasteiger partial charge in [-0.05, 0) is 36.4 Å². The Hall–Kier alpha value is -1.72. The van der Waals surface area contributed by atoms with Crippen LogP contribution < -0.4 is 10.1 Å². The summed E-state index contributed by atoms with van der Waals surface area (Å²) < 4.78 is 18.4. The highest BCUT2D eigenvalue weighted by Gasteiger charge is 2.05. The van der Waals surface area contributed by atoms with E-state index >= 15 is 0 Å². The third kappa shape index (κ3) is 5.58. The smallest absolute Gasteiger partial charge is 0.257 e. The van der Waals surface area contributed by atoms with Gasteiger partial charge in [-0.1, -0.05) is 23.7 Å². The number of thioether (sulfide) groups is 1. The second kappa shape index (κ2) is 8.66. The Balaban J connectivity index is 1.64. The van der Waals surface area contributed by atoms with E-state index in [1.54, 1.807) is 23.9 Å². The van der Waals surface area contributed by atoms with Gasteiger partial charge in [0.2, 0.25) is 0 Å². The summed E-state index contributed by atoms with van der Waals surface area (Å²) in [6.07, 6.45) is 0. The highest BCUT2D eigenvalue weighted by Crippen LogP contribution is 2.19. The van der Waals surface area contributed by atoms with E-state index in [4.69, 9.17) is 16.3 Å². The third-order valence-electron chi connectivity index (χ3n) is 2.70. The zero-order chi connectivity index (χ0) is 15.8. The van der Waals surface area contributed by atoms with Gasteiger partial charge in [-0.2, -0.15) is 0 Å². The van der Waals surface area contributed by atoms with Gasteiger partial charge in [0.25, 0.3) is 5.91 Å². The first-order chi connectivity index (χ1) is 10.6. The van der Waals surface area contributed by atoms with Crippen LogP contribution in [0.1, 0.15) is 0 Å². The summed E-state index contributed by atoms with van der Waals surface area (Å²) in [5.74, 6) is 0.0503. The summed E-state index contributed by atoms with van der Waals surface area (Å²) in [7, 11) is 0. The molecule has 0 bridgehead atoms. The number of ether oxygens (including phenoxy) is 1. The van der Waals surface area contributed by atoms with Gasteiger partial charge in [0.05, 0.1) is 0 Å². The lowest BCUT2D eigenvalue weighted by Gasteiger charge is -2.08. The second-order valence-electron chi connectivity index (χ2n) is 4.37. The highest BCUT2D eigenvalue weighted by molar-refractivity contribution is 7.99. The Bertz CT molecular complexity index is 622. The second-order valence-corrected chi connectivity index (χ2v) is 5.98. The molecule has 0 aliphatic carbocycles. The number of carbonyl (C=O) groups excluding carboxylic acids is 1. The van der Waals surface area contributed by atoms with Gasteiger partial charge >= 0.3 is 0 Å². The Morgan fingerprint density at radius 2 is 1.91 bits per heavy atom. The molecule has 22 heavy (non-hydrogen) atoms. The summed E-state index contributed by atoms with van der Waals surface area (Å²) in [4.78, 5) is 12.7. The molecule has 2 rings (SSSR count). The van der Waals surface area contributed by atoms with E-state index in [-0.39, 0.29) is 18.3 Å². The highest BCUT2D eigenvalue weighted by atomic mass is 35.5. The minimum absolute atomic E-state index is 0.0770. The number of nitrogens with one attached hydrogen (secondary N) is 1. The summed E-state index contributed by atoms with van der Waals surface area (Å²) in [5.41, 5.74) is 0. The predicted molar refractivity (Wildman–Crippen MR) is 87.1 cm³/mol. The molecule has 1 N–H and O–H groups in total. The fraction of sp³-hybridized carbons (Fsp3) is 0.188. The van der Waals surface area contributed by atoms with Crippen molar-refractivity contribution in [3.63, 3.8) is 0 Å². The van der Waals surface area contributed by atoms with E-state index < -0.39 is 5.82 Å². The van der Waals surface area contributed by atoms with Gasteiger partial charge in [-0.25, -0.2) is 4.39 Å². The van der Waals surface area contributed by atoms with Crippen molar-refractivity contribution in [2.45, 2.75) is 4.90 Å². The number of benzene rings is 2. The molecule has 2 aromatic rings. The fourth-order valence-electron chi connectivity index (χ4n) is 1.65. The summed E-state index contributed by atoms with van der Waals surface area (Å²) in [6.45, 7) is 0.305. The van der Waals surface area contributed by atoms with E-state index in [0.717, 1.165) is 10.6 Å². The number of halogens is 2. The summed E-state index contributed by atoms with van der Waals surface area (Å²) >= 11 is 7.42. The van der Waals surface area contributed by atoms with E-state index in [0.29, 0.717) is 11.6 Å². The molecular formula is C16H15ClFNO2S. The van der Waals surface area contributed by atoms with Gasteiger partial charge in [-0.15, -0.1) is 11.8 Å². The maximum atomic E-state index is 13.3. The Labute approximate surface area is 137 Å². The summed E-state index contributed by atoms with van der Waals surface area (Å²) in [6, 6.07) is 13.5. The molecule has 0 heterocycles.